The third-order valence-electron chi connectivity index (χ3n) is 3.08. The molecule has 8 heteroatoms. The highest BCUT2D eigenvalue weighted by atomic mass is 16.5. The Morgan fingerprint density at radius 1 is 0.957 bits per heavy atom. The molecule has 0 bridgehead atoms. The lowest BCUT2D eigenvalue weighted by atomic mass is 10.3. The fourth-order valence-electron chi connectivity index (χ4n) is 2.04. The summed E-state index contributed by atoms with van der Waals surface area (Å²) >= 11 is 0. The van der Waals surface area contributed by atoms with Gasteiger partial charge < -0.3 is 10.5 Å². The predicted octanol–water partition coefficient (Wildman–Crippen LogP) is 1.96. The number of nitrogens with zero attached hydrogens (tertiary/aromatic N) is 6. The Morgan fingerprint density at radius 2 is 1.83 bits per heavy atom. The molecule has 0 aliphatic heterocycles. The Labute approximate surface area is 130 Å². The summed E-state index contributed by atoms with van der Waals surface area (Å²) in [5, 5.41) is 4.29. The van der Waals surface area contributed by atoms with Crippen molar-refractivity contribution in [1.29, 1.82) is 0 Å². The number of hydrogen-bond acceptors (Lipinski definition) is 7. The van der Waals surface area contributed by atoms with Crippen LogP contribution < -0.4 is 10.5 Å². The maximum absolute atomic E-state index is 5.92. The van der Waals surface area contributed by atoms with E-state index >= 15 is 0 Å². The summed E-state index contributed by atoms with van der Waals surface area (Å²) in [6.07, 6.45) is 3.35. The Hall–Kier alpha value is -3.55. The maximum atomic E-state index is 5.92. The van der Waals surface area contributed by atoms with E-state index in [1.165, 1.54) is 4.52 Å². The number of pyridine rings is 1. The third kappa shape index (κ3) is 2.53. The lowest BCUT2D eigenvalue weighted by Crippen LogP contribution is -2.05. The molecule has 0 saturated heterocycles. The number of rotatable bonds is 3. The van der Waals surface area contributed by atoms with Crippen LogP contribution in [0.3, 0.4) is 0 Å². The van der Waals surface area contributed by atoms with Gasteiger partial charge in [0.15, 0.2) is 5.82 Å². The zero-order valence-corrected chi connectivity index (χ0v) is 11.9. The minimum absolute atomic E-state index is 0.117. The van der Waals surface area contributed by atoms with Gasteiger partial charge in [0.05, 0.1) is 0 Å². The van der Waals surface area contributed by atoms with Gasteiger partial charge in [-0.25, -0.2) is 0 Å². The highest BCUT2D eigenvalue weighted by Crippen LogP contribution is 2.20. The SMILES string of the molecule is Nc1nc(Oc2ccccc2)nc2nc(-c3cccnc3)nn12. The fraction of sp³-hybridized carbons (Fsp3) is 0. The first-order valence-corrected chi connectivity index (χ1v) is 6.83. The van der Waals surface area contributed by atoms with Gasteiger partial charge >= 0.3 is 6.01 Å². The van der Waals surface area contributed by atoms with E-state index in [4.69, 9.17) is 10.5 Å². The van der Waals surface area contributed by atoms with Gasteiger partial charge in [-0.3, -0.25) is 4.98 Å². The average Bonchev–Trinajstić information content (AvgIpc) is 3.01. The van der Waals surface area contributed by atoms with Gasteiger partial charge in [-0.15, -0.1) is 5.10 Å². The van der Waals surface area contributed by atoms with E-state index in [0.29, 0.717) is 17.4 Å². The Balaban J connectivity index is 1.75. The number of para-hydroxylation sites is 1. The van der Waals surface area contributed by atoms with Gasteiger partial charge in [-0.1, -0.05) is 18.2 Å². The van der Waals surface area contributed by atoms with Crippen molar-refractivity contribution >= 4 is 11.7 Å². The highest BCUT2D eigenvalue weighted by Gasteiger charge is 2.13. The summed E-state index contributed by atoms with van der Waals surface area (Å²) in [4.78, 5) is 16.7. The number of benzene rings is 1. The van der Waals surface area contributed by atoms with E-state index < -0.39 is 0 Å². The molecule has 3 heterocycles. The summed E-state index contributed by atoms with van der Waals surface area (Å²) in [7, 11) is 0. The van der Waals surface area contributed by atoms with Gasteiger partial charge in [0, 0.05) is 18.0 Å². The van der Waals surface area contributed by atoms with Crippen LogP contribution in [0.25, 0.3) is 17.2 Å². The monoisotopic (exact) mass is 305 g/mol. The van der Waals surface area contributed by atoms with Crippen LogP contribution in [-0.2, 0) is 0 Å². The molecule has 0 aliphatic rings. The second kappa shape index (κ2) is 5.34. The standard InChI is InChI=1S/C15H11N7O/c16-13-19-15(23-11-6-2-1-3-7-11)20-14-18-12(21-22(13)14)10-5-4-8-17-9-10/h1-9H,(H2,16,18,19,20,21). The first kappa shape index (κ1) is 13.1. The van der Waals surface area contributed by atoms with Crippen molar-refractivity contribution < 1.29 is 4.74 Å². The van der Waals surface area contributed by atoms with E-state index in [0.717, 1.165) is 5.56 Å². The molecule has 3 aromatic heterocycles. The van der Waals surface area contributed by atoms with E-state index in [1.54, 1.807) is 30.6 Å². The van der Waals surface area contributed by atoms with Crippen molar-refractivity contribution in [3.05, 3.63) is 54.9 Å². The lowest BCUT2D eigenvalue weighted by molar-refractivity contribution is 0.441. The first-order chi connectivity index (χ1) is 11.3. The second-order valence-corrected chi connectivity index (χ2v) is 4.67. The number of ether oxygens (including phenoxy) is 1. The molecular formula is C15H11N7O. The molecule has 1 aromatic carbocycles. The molecule has 0 radical (unpaired) electrons. The van der Waals surface area contributed by atoms with E-state index in [-0.39, 0.29) is 12.0 Å². The summed E-state index contributed by atoms with van der Waals surface area (Å²) in [5.74, 6) is 1.53. The van der Waals surface area contributed by atoms with Crippen LogP contribution in [0.15, 0.2) is 54.9 Å². The number of nitrogen functional groups attached to an aromatic ring is 1. The fourth-order valence-corrected chi connectivity index (χ4v) is 2.04. The third-order valence-corrected chi connectivity index (χ3v) is 3.08. The van der Waals surface area contributed by atoms with E-state index in [1.807, 2.05) is 24.3 Å². The molecule has 0 unspecified atom stereocenters. The number of anilines is 1. The number of fused-ring (bicyclic) bond motifs is 1. The summed E-state index contributed by atoms with van der Waals surface area (Å²) in [6, 6.07) is 13.0. The number of aromatic nitrogens is 6. The molecule has 4 aromatic rings. The zero-order valence-electron chi connectivity index (χ0n) is 11.9. The number of nitrogens with two attached hydrogens (primary N) is 1. The molecule has 0 atom stereocenters. The van der Waals surface area contributed by atoms with Crippen molar-refractivity contribution in [2.75, 3.05) is 5.73 Å². The maximum Gasteiger partial charge on any atom is 0.328 e. The van der Waals surface area contributed by atoms with Gasteiger partial charge in [0.2, 0.25) is 5.95 Å². The van der Waals surface area contributed by atoms with Gasteiger partial charge in [0.25, 0.3) is 5.78 Å². The zero-order chi connectivity index (χ0) is 15.6. The summed E-state index contributed by atoms with van der Waals surface area (Å²) in [5.41, 5.74) is 6.68. The van der Waals surface area contributed by atoms with Gasteiger partial charge in [0.1, 0.15) is 5.75 Å². The minimum atomic E-state index is 0.117. The Morgan fingerprint density at radius 3 is 2.61 bits per heavy atom. The molecule has 0 amide bonds. The lowest BCUT2D eigenvalue weighted by Gasteiger charge is -2.04. The Kier molecular flexibility index (Phi) is 3.05. The van der Waals surface area contributed by atoms with E-state index in [2.05, 4.69) is 25.0 Å². The van der Waals surface area contributed by atoms with Crippen LogP contribution in [0.4, 0.5) is 5.95 Å². The topological polar surface area (TPSA) is 104 Å². The van der Waals surface area contributed by atoms with Gasteiger partial charge in [-0.2, -0.15) is 19.5 Å². The van der Waals surface area contributed by atoms with E-state index in [9.17, 15) is 0 Å². The van der Waals surface area contributed by atoms with Crippen LogP contribution in [0, 0.1) is 0 Å². The van der Waals surface area contributed by atoms with Crippen LogP contribution in [0.1, 0.15) is 0 Å². The molecular weight excluding hydrogens is 294 g/mol. The van der Waals surface area contributed by atoms with Crippen LogP contribution in [0.5, 0.6) is 11.8 Å². The normalized spacial score (nSPS) is 10.8. The van der Waals surface area contributed by atoms with Crippen molar-refractivity contribution in [2.24, 2.45) is 0 Å². The molecule has 8 nitrogen and oxygen atoms in total. The van der Waals surface area contributed by atoms with Crippen LogP contribution in [0.2, 0.25) is 0 Å². The van der Waals surface area contributed by atoms with Crippen molar-refractivity contribution in [3.8, 4) is 23.1 Å². The average molecular weight is 305 g/mol. The Bertz CT molecular complexity index is 954. The summed E-state index contributed by atoms with van der Waals surface area (Å²) in [6.45, 7) is 0. The molecule has 0 fully saturated rings. The van der Waals surface area contributed by atoms with Crippen molar-refractivity contribution in [2.45, 2.75) is 0 Å². The van der Waals surface area contributed by atoms with Gasteiger partial charge in [-0.05, 0) is 24.3 Å². The van der Waals surface area contributed by atoms with Crippen molar-refractivity contribution in [1.82, 2.24) is 29.5 Å². The molecule has 2 N–H and O–H groups in total. The molecule has 23 heavy (non-hydrogen) atoms. The second-order valence-electron chi connectivity index (χ2n) is 4.67. The molecule has 4 rings (SSSR count). The smallest absolute Gasteiger partial charge is 0.328 e. The molecule has 0 saturated carbocycles. The largest absolute Gasteiger partial charge is 0.424 e. The molecule has 0 spiro atoms. The van der Waals surface area contributed by atoms with Crippen molar-refractivity contribution in [3.63, 3.8) is 0 Å². The predicted molar refractivity (Wildman–Crippen MR) is 82.7 cm³/mol. The summed E-state index contributed by atoms with van der Waals surface area (Å²) < 4.78 is 6.95. The van der Waals surface area contributed by atoms with Crippen LogP contribution in [-0.4, -0.2) is 29.5 Å². The minimum Gasteiger partial charge on any atom is -0.424 e. The molecule has 112 valence electrons. The quantitative estimate of drug-likeness (QED) is 0.617. The first-order valence-electron chi connectivity index (χ1n) is 6.83. The van der Waals surface area contributed by atoms with Crippen LogP contribution >= 0.6 is 0 Å². The highest BCUT2D eigenvalue weighted by molar-refractivity contribution is 5.56. The number of hydrogen-bond donors (Lipinski definition) is 1. The molecule has 0 aliphatic carbocycles.